The molecule has 1 N–H and O–H groups in total. The predicted molar refractivity (Wildman–Crippen MR) is 113 cm³/mol. The summed E-state index contributed by atoms with van der Waals surface area (Å²) in [5, 5.41) is 6.10. The van der Waals surface area contributed by atoms with Gasteiger partial charge in [0.25, 0.3) is 0 Å². The summed E-state index contributed by atoms with van der Waals surface area (Å²) in [5.41, 5.74) is 3.18. The third kappa shape index (κ3) is 5.00. The quantitative estimate of drug-likeness (QED) is 0.425. The fraction of sp³-hybridized carbons (Fsp3) is 0.136. The summed E-state index contributed by atoms with van der Waals surface area (Å²) >= 11 is 1.57. The van der Waals surface area contributed by atoms with Gasteiger partial charge in [-0.1, -0.05) is 42.5 Å². The monoisotopic (exact) mass is 388 g/mol. The van der Waals surface area contributed by atoms with Gasteiger partial charge in [-0.3, -0.25) is 0 Å². The number of hydrogen-bond acceptors (Lipinski definition) is 6. The van der Waals surface area contributed by atoms with Gasteiger partial charge < -0.3 is 10.1 Å². The van der Waals surface area contributed by atoms with Crippen LogP contribution >= 0.6 is 11.3 Å². The Balaban J connectivity index is 1.29. The maximum atomic E-state index is 5.74. The molecule has 3 aromatic heterocycles. The maximum Gasteiger partial charge on any atom is 0.141 e. The molecule has 0 unspecified atom stereocenters. The summed E-state index contributed by atoms with van der Waals surface area (Å²) in [6.45, 7) is 1.30. The molecule has 0 radical (unpaired) electrons. The van der Waals surface area contributed by atoms with Crippen LogP contribution in [0, 0.1) is 0 Å². The van der Waals surface area contributed by atoms with E-state index in [2.05, 4.69) is 38.5 Å². The van der Waals surface area contributed by atoms with E-state index in [9.17, 15) is 0 Å². The highest BCUT2D eigenvalue weighted by atomic mass is 32.1. The Labute approximate surface area is 168 Å². The van der Waals surface area contributed by atoms with Crippen molar-refractivity contribution >= 4 is 23.0 Å². The smallest absolute Gasteiger partial charge is 0.141 e. The van der Waals surface area contributed by atoms with Gasteiger partial charge in [-0.15, -0.1) is 11.3 Å². The standard InChI is InChI=1S/C22H20N4OS/c1-2-5-18(6-3-1)16-27-13-11-17-9-10-20(24-15-17)26-21-8-4-7-19(25-21)22-23-12-14-28-22/h1-10,12,14-15H,11,13,16H2,(H,24,25,26). The zero-order chi connectivity index (χ0) is 19.0. The van der Waals surface area contributed by atoms with Crippen molar-refractivity contribution < 1.29 is 4.74 Å². The fourth-order valence-corrected chi connectivity index (χ4v) is 3.31. The fourth-order valence-electron chi connectivity index (χ4n) is 2.71. The molecular formula is C22H20N4OS. The molecule has 0 aliphatic carbocycles. The molecule has 6 heteroatoms. The van der Waals surface area contributed by atoms with Crippen molar-refractivity contribution in [2.45, 2.75) is 13.0 Å². The Bertz CT molecular complexity index is 989. The Morgan fingerprint density at radius 1 is 0.857 bits per heavy atom. The van der Waals surface area contributed by atoms with E-state index in [-0.39, 0.29) is 0 Å². The molecule has 4 aromatic rings. The molecule has 0 fully saturated rings. The summed E-state index contributed by atoms with van der Waals surface area (Å²) in [4.78, 5) is 13.4. The van der Waals surface area contributed by atoms with Gasteiger partial charge in [0.1, 0.15) is 22.3 Å². The van der Waals surface area contributed by atoms with Crippen molar-refractivity contribution in [1.29, 1.82) is 0 Å². The number of thiazole rings is 1. The van der Waals surface area contributed by atoms with Crippen molar-refractivity contribution in [3.63, 3.8) is 0 Å². The normalized spacial score (nSPS) is 10.7. The van der Waals surface area contributed by atoms with E-state index in [1.54, 1.807) is 17.5 Å². The van der Waals surface area contributed by atoms with Crippen molar-refractivity contribution in [2.75, 3.05) is 11.9 Å². The average molecular weight is 388 g/mol. The zero-order valence-electron chi connectivity index (χ0n) is 15.3. The lowest BCUT2D eigenvalue weighted by Gasteiger charge is -2.08. The first-order chi connectivity index (χ1) is 13.9. The molecule has 1 aromatic carbocycles. The van der Waals surface area contributed by atoms with Gasteiger partial charge in [0, 0.05) is 17.8 Å². The molecule has 4 rings (SSSR count). The van der Waals surface area contributed by atoms with Gasteiger partial charge in [0.15, 0.2) is 0 Å². The average Bonchev–Trinajstić information content (AvgIpc) is 3.28. The van der Waals surface area contributed by atoms with E-state index in [1.807, 2.05) is 54.0 Å². The lowest BCUT2D eigenvalue weighted by atomic mass is 10.2. The highest BCUT2D eigenvalue weighted by molar-refractivity contribution is 7.13. The van der Waals surface area contributed by atoms with Gasteiger partial charge >= 0.3 is 0 Å². The second kappa shape index (κ2) is 9.21. The predicted octanol–water partition coefficient (Wildman–Crippen LogP) is 5.10. The third-order valence-electron chi connectivity index (χ3n) is 4.13. The molecule has 0 amide bonds. The molecule has 0 saturated carbocycles. The van der Waals surface area contributed by atoms with Crippen LogP contribution < -0.4 is 5.32 Å². The molecule has 0 bridgehead atoms. The zero-order valence-corrected chi connectivity index (χ0v) is 16.1. The summed E-state index contributed by atoms with van der Waals surface area (Å²) in [6.07, 6.45) is 4.49. The molecule has 3 heterocycles. The largest absolute Gasteiger partial charge is 0.376 e. The summed E-state index contributed by atoms with van der Waals surface area (Å²) in [6, 6.07) is 20.1. The minimum atomic E-state index is 0.634. The summed E-state index contributed by atoms with van der Waals surface area (Å²) in [5.74, 6) is 1.51. The number of benzene rings is 1. The van der Waals surface area contributed by atoms with Crippen molar-refractivity contribution in [1.82, 2.24) is 15.0 Å². The number of pyridine rings is 2. The molecule has 0 saturated heterocycles. The van der Waals surface area contributed by atoms with Crippen LogP contribution in [0.1, 0.15) is 11.1 Å². The van der Waals surface area contributed by atoms with E-state index in [0.29, 0.717) is 13.2 Å². The van der Waals surface area contributed by atoms with Gasteiger partial charge in [-0.05, 0) is 35.7 Å². The number of nitrogens with one attached hydrogen (secondary N) is 1. The van der Waals surface area contributed by atoms with Crippen molar-refractivity contribution in [2.24, 2.45) is 0 Å². The number of anilines is 2. The van der Waals surface area contributed by atoms with E-state index in [0.717, 1.165) is 34.3 Å². The molecule has 5 nitrogen and oxygen atoms in total. The number of ether oxygens (including phenoxy) is 1. The minimum absolute atomic E-state index is 0.634. The summed E-state index contributed by atoms with van der Waals surface area (Å²) in [7, 11) is 0. The molecule has 0 aliphatic rings. The maximum absolute atomic E-state index is 5.74. The second-order valence-electron chi connectivity index (χ2n) is 6.21. The van der Waals surface area contributed by atoms with E-state index >= 15 is 0 Å². The van der Waals surface area contributed by atoms with E-state index in [1.165, 1.54) is 5.56 Å². The Hall–Kier alpha value is -3.09. The molecule has 140 valence electrons. The van der Waals surface area contributed by atoms with Crippen LogP contribution in [0.2, 0.25) is 0 Å². The highest BCUT2D eigenvalue weighted by Crippen LogP contribution is 2.22. The molecule has 28 heavy (non-hydrogen) atoms. The minimum Gasteiger partial charge on any atom is -0.376 e. The van der Waals surface area contributed by atoms with Crippen LogP contribution in [0.5, 0.6) is 0 Å². The van der Waals surface area contributed by atoms with Crippen LogP contribution in [0.3, 0.4) is 0 Å². The second-order valence-corrected chi connectivity index (χ2v) is 7.10. The van der Waals surface area contributed by atoms with Gasteiger partial charge in [-0.25, -0.2) is 15.0 Å². The van der Waals surface area contributed by atoms with Crippen LogP contribution in [0.4, 0.5) is 11.6 Å². The van der Waals surface area contributed by atoms with Crippen LogP contribution in [-0.2, 0) is 17.8 Å². The van der Waals surface area contributed by atoms with Crippen molar-refractivity contribution in [3.05, 3.63) is 89.6 Å². The lowest BCUT2D eigenvalue weighted by Crippen LogP contribution is -2.01. The number of aromatic nitrogens is 3. The Morgan fingerprint density at radius 3 is 2.57 bits per heavy atom. The van der Waals surface area contributed by atoms with Crippen LogP contribution in [0.15, 0.2) is 78.4 Å². The van der Waals surface area contributed by atoms with Crippen LogP contribution in [-0.4, -0.2) is 21.6 Å². The number of rotatable bonds is 8. The molecular weight excluding hydrogens is 368 g/mol. The van der Waals surface area contributed by atoms with Crippen LogP contribution in [0.25, 0.3) is 10.7 Å². The van der Waals surface area contributed by atoms with Crippen molar-refractivity contribution in [3.8, 4) is 10.7 Å². The van der Waals surface area contributed by atoms with Gasteiger partial charge in [0.2, 0.25) is 0 Å². The Kier molecular flexibility index (Phi) is 6.01. The SMILES string of the molecule is c1ccc(COCCc2ccc(Nc3cccc(-c4nccs4)n3)nc2)cc1. The molecule has 0 aliphatic heterocycles. The third-order valence-corrected chi connectivity index (χ3v) is 4.92. The Morgan fingerprint density at radius 2 is 1.79 bits per heavy atom. The molecule has 0 spiro atoms. The topological polar surface area (TPSA) is 59.9 Å². The number of nitrogens with zero attached hydrogens (tertiary/aromatic N) is 3. The first-order valence-corrected chi connectivity index (χ1v) is 9.95. The summed E-state index contributed by atoms with van der Waals surface area (Å²) < 4.78 is 5.74. The number of hydrogen-bond donors (Lipinski definition) is 1. The van der Waals surface area contributed by atoms with Gasteiger partial charge in [0.05, 0.1) is 13.2 Å². The van der Waals surface area contributed by atoms with E-state index in [4.69, 9.17) is 4.74 Å². The van der Waals surface area contributed by atoms with Gasteiger partial charge in [-0.2, -0.15) is 0 Å². The first-order valence-electron chi connectivity index (χ1n) is 9.07. The lowest BCUT2D eigenvalue weighted by molar-refractivity contribution is 0.124. The first kappa shape index (κ1) is 18.3. The highest BCUT2D eigenvalue weighted by Gasteiger charge is 2.04. The molecule has 0 atom stereocenters. The van der Waals surface area contributed by atoms with E-state index < -0.39 is 0 Å².